The molecule has 10 nitrogen and oxygen atoms in total. The van der Waals surface area contributed by atoms with Crippen LogP contribution in [0.1, 0.15) is 33.6 Å². The van der Waals surface area contributed by atoms with Gasteiger partial charge in [-0.2, -0.15) is 0 Å². The highest BCUT2D eigenvalue weighted by molar-refractivity contribution is 5.99. The third-order valence-corrected chi connectivity index (χ3v) is 6.87. The van der Waals surface area contributed by atoms with E-state index in [2.05, 4.69) is 5.32 Å². The Balaban J connectivity index is 1.55. The molecule has 2 aliphatic heterocycles. The van der Waals surface area contributed by atoms with Crippen molar-refractivity contribution in [2.75, 3.05) is 54.2 Å². The fraction of sp³-hybridized carbons (Fsp3) is 0.444. The lowest BCUT2D eigenvalue weighted by Crippen LogP contribution is -2.60. The number of amides is 3. The molecule has 2 aliphatic rings. The predicted molar refractivity (Wildman–Crippen MR) is 135 cm³/mol. The molecule has 2 heterocycles. The molecule has 2 fully saturated rings. The number of nitrogens with one attached hydrogen (secondary N) is 1. The summed E-state index contributed by atoms with van der Waals surface area (Å²) in [6, 6.07) is 13.0. The smallest absolute Gasteiger partial charge is 0.256 e. The van der Waals surface area contributed by atoms with E-state index in [0.29, 0.717) is 61.7 Å². The molecule has 37 heavy (non-hydrogen) atoms. The van der Waals surface area contributed by atoms with Crippen LogP contribution in [0.25, 0.3) is 0 Å². The summed E-state index contributed by atoms with van der Waals surface area (Å²) >= 11 is 0. The van der Waals surface area contributed by atoms with Crippen LogP contribution in [-0.4, -0.2) is 93.5 Å². The summed E-state index contributed by atoms with van der Waals surface area (Å²) in [5, 5.41) is 2.83. The van der Waals surface area contributed by atoms with Crippen molar-refractivity contribution < 1.29 is 33.3 Å². The lowest BCUT2D eigenvalue weighted by Gasteiger charge is -2.44. The van der Waals surface area contributed by atoms with E-state index in [1.54, 1.807) is 79.7 Å². The van der Waals surface area contributed by atoms with E-state index in [-0.39, 0.29) is 24.3 Å². The van der Waals surface area contributed by atoms with Gasteiger partial charge in [0, 0.05) is 50.7 Å². The number of hydrogen-bond acceptors (Lipinski definition) is 7. The zero-order valence-corrected chi connectivity index (χ0v) is 21.4. The van der Waals surface area contributed by atoms with E-state index in [1.165, 1.54) is 0 Å². The highest BCUT2D eigenvalue weighted by Gasteiger charge is 2.54. The number of carbonyl (C=O) groups is 3. The minimum absolute atomic E-state index is 0.0739. The predicted octanol–water partition coefficient (Wildman–Crippen LogP) is 1.94. The molecule has 2 saturated heterocycles. The van der Waals surface area contributed by atoms with Gasteiger partial charge in [-0.05, 0) is 42.5 Å². The van der Waals surface area contributed by atoms with Crippen LogP contribution in [0.2, 0.25) is 0 Å². The third kappa shape index (κ3) is 5.55. The zero-order chi connectivity index (χ0) is 26.4. The summed E-state index contributed by atoms with van der Waals surface area (Å²) in [6.45, 7) is 1.51. The van der Waals surface area contributed by atoms with Gasteiger partial charge in [0.25, 0.3) is 11.8 Å². The number of nitrogens with zero attached hydrogens (tertiary/aromatic N) is 2. The van der Waals surface area contributed by atoms with Crippen LogP contribution < -0.4 is 14.8 Å². The van der Waals surface area contributed by atoms with Crippen molar-refractivity contribution in [3.63, 3.8) is 0 Å². The summed E-state index contributed by atoms with van der Waals surface area (Å²) in [5.74, 6) is 0.512. The number of likely N-dealkylation sites (tertiary alicyclic amines) is 1. The van der Waals surface area contributed by atoms with Crippen molar-refractivity contribution in [2.45, 2.75) is 24.6 Å². The average Bonchev–Trinajstić information content (AvgIpc) is 3.31. The lowest BCUT2D eigenvalue weighted by atomic mass is 9.96. The van der Waals surface area contributed by atoms with E-state index >= 15 is 0 Å². The first kappa shape index (κ1) is 26.4. The van der Waals surface area contributed by atoms with Gasteiger partial charge in [0.05, 0.1) is 27.4 Å². The summed E-state index contributed by atoms with van der Waals surface area (Å²) in [4.78, 5) is 43.3. The monoisotopic (exact) mass is 511 g/mol. The first-order valence-electron chi connectivity index (χ1n) is 12.2. The fourth-order valence-electron chi connectivity index (χ4n) is 4.83. The Labute approximate surface area is 216 Å². The normalized spacial score (nSPS) is 18.5. The lowest BCUT2D eigenvalue weighted by molar-refractivity contribution is -0.128. The molecule has 2 aromatic carbocycles. The molecule has 3 amide bonds. The maximum Gasteiger partial charge on any atom is 0.256 e. The number of hydrogen-bond donors (Lipinski definition) is 1. The van der Waals surface area contributed by atoms with Gasteiger partial charge >= 0.3 is 0 Å². The Morgan fingerprint density at radius 3 is 2.30 bits per heavy atom. The SMILES string of the molecule is COCCNC(=O)[C@@H]1COC2(CCN(C(=O)c3cccc(OC)c3)CC2)N1C(=O)c1ccc(OC)cc1. The second-order valence-electron chi connectivity index (χ2n) is 8.98. The number of methoxy groups -OCH3 is 3. The highest BCUT2D eigenvalue weighted by atomic mass is 16.5. The maximum absolute atomic E-state index is 13.8. The van der Waals surface area contributed by atoms with Crippen LogP contribution in [0.15, 0.2) is 48.5 Å². The van der Waals surface area contributed by atoms with Gasteiger partial charge in [0.15, 0.2) is 0 Å². The molecule has 1 spiro atoms. The summed E-state index contributed by atoms with van der Waals surface area (Å²) in [7, 11) is 4.67. The number of benzene rings is 2. The molecule has 198 valence electrons. The summed E-state index contributed by atoms with van der Waals surface area (Å²) in [6.07, 6.45) is 0.763. The third-order valence-electron chi connectivity index (χ3n) is 6.87. The van der Waals surface area contributed by atoms with Gasteiger partial charge in [-0.3, -0.25) is 19.3 Å². The van der Waals surface area contributed by atoms with E-state index in [1.807, 2.05) is 0 Å². The van der Waals surface area contributed by atoms with Gasteiger partial charge in [0.2, 0.25) is 5.91 Å². The largest absolute Gasteiger partial charge is 0.497 e. The van der Waals surface area contributed by atoms with Gasteiger partial charge in [-0.1, -0.05) is 6.07 Å². The van der Waals surface area contributed by atoms with Crippen molar-refractivity contribution in [1.82, 2.24) is 15.1 Å². The molecule has 0 aliphatic carbocycles. The number of rotatable bonds is 8. The zero-order valence-electron chi connectivity index (χ0n) is 21.4. The number of carbonyl (C=O) groups excluding carboxylic acids is 3. The van der Waals surface area contributed by atoms with Crippen molar-refractivity contribution >= 4 is 17.7 Å². The molecule has 0 aromatic heterocycles. The molecule has 2 aromatic rings. The van der Waals surface area contributed by atoms with Crippen LogP contribution in [0.5, 0.6) is 11.5 Å². The van der Waals surface area contributed by atoms with E-state index in [9.17, 15) is 14.4 Å². The highest BCUT2D eigenvalue weighted by Crippen LogP contribution is 2.39. The van der Waals surface area contributed by atoms with Crippen LogP contribution in [0, 0.1) is 0 Å². The summed E-state index contributed by atoms with van der Waals surface area (Å²) in [5.41, 5.74) is -0.0368. The second-order valence-corrected chi connectivity index (χ2v) is 8.98. The van der Waals surface area contributed by atoms with Gasteiger partial charge in [-0.15, -0.1) is 0 Å². The van der Waals surface area contributed by atoms with E-state index in [0.717, 1.165) is 0 Å². The quantitative estimate of drug-likeness (QED) is 0.540. The van der Waals surface area contributed by atoms with Gasteiger partial charge in [0.1, 0.15) is 23.3 Å². The maximum atomic E-state index is 13.8. The molecular weight excluding hydrogens is 478 g/mol. The van der Waals surface area contributed by atoms with Crippen LogP contribution >= 0.6 is 0 Å². The molecule has 4 rings (SSSR count). The first-order valence-corrected chi connectivity index (χ1v) is 12.2. The standard InChI is InChI=1S/C27H33N3O7/c1-34-16-13-28-24(31)23-18-37-27(30(23)26(33)19-7-9-21(35-2)10-8-19)11-14-29(15-12-27)25(32)20-5-4-6-22(17-20)36-3/h4-10,17,23H,11-16,18H2,1-3H3,(H,28,31)/t23-/m0/s1. The van der Waals surface area contributed by atoms with E-state index in [4.69, 9.17) is 18.9 Å². The van der Waals surface area contributed by atoms with Crippen LogP contribution in [-0.2, 0) is 14.3 Å². The molecule has 0 bridgehead atoms. The topological polar surface area (TPSA) is 107 Å². The Morgan fingerprint density at radius 1 is 0.946 bits per heavy atom. The molecule has 10 heteroatoms. The molecule has 0 unspecified atom stereocenters. The molecular formula is C27H33N3O7. The van der Waals surface area contributed by atoms with Crippen molar-refractivity contribution in [2.24, 2.45) is 0 Å². The molecule has 1 N–H and O–H groups in total. The van der Waals surface area contributed by atoms with Crippen LogP contribution in [0.4, 0.5) is 0 Å². The van der Waals surface area contributed by atoms with Crippen LogP contribution in [0.3, 0.4) is 0 Å². The molecule has 0 saturated carbocycles. The number of piperidine rings is 1. The van der Waals surface area contributed by atoms with Crippen molar-refractivity contribution in [3.05, 3.63) is 59.7 Å². The fourth-order valence-corrected chi connectivity index (χ4v) is 4.83. The van der Waals surface area contributed by atoms with E-state index < -0.39 is 11.8 Å². The molecule has 1 atom stereocenters. The average molecular weight is 512 g/mol. The molecule has 0 radical (unpaired) electrons. The Bertz CT molecular complexity index is 1110. The van der Waals surface area contributed by atoms with Crippen molar-refractivity contribution in [1.29, 1.82) is 0 Å². The Hall–Kier alpha value is -3.63. The van der Waals surface area contributed by atoms with Gasteiger partial charge in [-0.25, -0.2) is 0 Å². The Kier molecular flexibility index (Phi) is 8.30. The minimum atomic E-state index is -0.995. The Morgan fingerprint density at radius 2 is 1.65 bits per heavy atom. The first-order chi connectivity index (χ1) is 17.9. The summed E-state index contributed by atoms with van der Waals surface area (Å²) < 4.78 is 21.7. The minimum Gasteiger partial charge on any atom is -0.497 e. The number of ether oxygens (including phenoxy) is 4. The second kappa shape index (κ2) is 11.6. The van der Waals surface area contributed by atoms with Crippen molar-refractivity contribution in [3.8, 4) is 11.5 Å². The van der Waals surface area contributed by atoms with Gasteiger partial charge < -0.3 is 29.2 Å².